The summed E-state index contributed by atoms with van der Waals surface area (Å²) in [6, 6.07) is 4.49. The summed E-state index contributed by atoms with van der Waals surface area (Å²) >= 11 is 0. The lowest BCUT2D eigenvalue weighted by Gasteiger charge is -2.21. The van der Waals surface area contributed by atoms with Crippen molar-refractivity contribution in [2.75, 3.05) is 6.61 Å². The second-order valence-corrected chi connectivity index (χ2v) is 4.96. The van der Waals surface area contributed by atoms with Gasteiger partial charge in [0.25, 0.3) is 0 Å². The number of aliphatic hydroxyl groups is 1. The third-order valence-electron chi connectivity index (χ3n) is 3.50. The van der Waals surface area contributed by atoms with Gasteiger partial charge in [-0.2, -0.15) is 0 Å². The van der Waals surface area contributed by atoms with Crippen molar-refractivity contribution >= 4 is 5.69 Å². The lowest BCUT2D eigenvalue weighted by molar-refractivity contribution is -0.386. The first-order valence-corrected chi connectivity index (χ1v) is 6.93. The van der Waals surface area contributed by atoms with E-state index in [0.717, 1.165) is 19.3 Å². The van der Waals surface area contributed by atoms with Gasteiger partial charge in [-0.3, -0.25) is 10.1 Å². The molecule has 1 aromatic rings. The average molecular weight is 293 g/mol. The fraction of sp³-hybridized carbons (Fsp3) is 0.467. The van der Waals surface area contributed by atoms with Crippen LogP contribution in [0.15, 0.2) is 30.9 Å². The van der Waals surface area contributed by atoms with Crippen LogP contribution in [0.5, 0.6) is 5.75 Å². The number of rotatable bonds is 7. The molecule has 1 saturated carbocycles. The fourth-order valence-corrected chi connectivity index (χ4v) is 2.48. The molecular weight excluding hydrogens is 274 g/mol. The topological polar surface area (TPSA) is 81.8 Å². The summed E-state index contributed by atoms with van der Waals surface area (Å²) in [4.78, 5) is 10.6. The van der Waals surface area contributed by atoms with Gasteiger partial charge in [0.15, 0.2) is 5.75 Å². The Kier molecular flexibility index (Phi) is 5.30. The monoisotopic (exact) mass is 293 g/mol. The first-order chi connectivity index (χ1) is 10.2. The number of nitro benzene ring substituents is 1. The van der Waals surface area contributed by atoms with Crippen LogP contribution in [0.25, 0.3) is 0 Å². The molecule has 6 nitrogen and oxygen atoms in total. The second-order valence-electron chi connectivity index (χ2n) is 4.96. The molecule has 1 aliphatic carbocycles. The number of aliphatic hydroxyl groups excluding tert-OH is 1. The van der Waals surface area contributed by atoms with Crippen LogP contribution < -0.4 is 4.74 Å². The van der Waals surface area contributed by atoms with Crippen molar-refractivity contribution in [3.8, 4) is 5.75 Å². The van der Waals surface area contributed by atoms with Crippen LogP contribution in [0, 0.1) is 10.1 Å². The lowest BCUT2D eigenvalue weighted by Crippen LogP contribution is -2.29. The maximum Gasteiger partial charge on any atom is 0.311 e. The van der Waals surface area contributed by atoms with Crippen molar-refractivity contribution in [2.45, 2.75) is 38.1 Å². The highest BCUT2D eigenvalue weighted by atomic mass is 16.6. The summed E-state index contributed by atoms with van der Waals surface area (Å²) in [7, 11) is 0. The number of ether oxygens (including phenoxy) is 2. The molecule has 0 unspecified atom stereocenters. The van der Waals surface area contributed by atoms with Crippen molar-refractivity contribution in [2.24, 2.45) is 0 Å². The molecule has 0 aromatic heterocycles. The SMILES string of the molecule is C=CCO[C@H]1CCC[C@@H]1Oc1ccc(CO)cc1[N+](=O)[O-]. The summed E-state index contributed by atoms with van der Waals surface area (Å²) in [5.74, 6) is 0.219. The molecule has 0 radical (unpaired) electrons. The predicted molar refractivity (Wildman–Crippen MR) is 77.2 cm³/mol. The summed E-state index contributed by atoms with van der Waals surface area (Å²) in [6.07, 6.45) is 4.06. The highest BCUT2D eigenvalue weighted by Crippen LogP contribution is 2.33. The summed E-state index contributed by atoms with van der Waals surface area (Å²) < 4.78 is 11.4. The lowest BCUT2D eigenvalue weighted by atomic mass is 10.2. The van der Waals surface area contributed by atoms with E-state index in [2.05, 4.69) is 6.58 Å². The van der Waals surface area contributed by atoms with Gasteiger partial charge in [0.1, 0.15) is 6.10 Å². The Labute approximate surface area is 123 Å². The van der Waals surface area contributed by atoms with Crippen LogP contribution in [-0.4, -0.2) is 28.8 Å². The Hall–Kier alpha value is -1.92. The maximum atomic E-state index is 11.1. The molecule has 0 saturated heterocycles. The minimum atomic E-state index is -0.497. The molecular formula is C15H19NO5. The van der Waals surface area contributed by atoms with Gasteiger partial charge in [0.2, 0.25) is 0 Å². The molecule has 2 atom stereocenters. The molecule has 0 heterocycles. The third kappa shape index (κ3) is 3.80. The van der Waals surface area contributed by atoms with Gasteiger partial charge in [0, 0.05) is 6.07 Å². The Balaban J connectivity index is 2.14. The average Bonchev–Trinajstić information content (AvgIpc) is 2.92. The zero-order valence-electron chi connectivity index (χ0n) is 11.7. The van der Waals surface area contributed by atoms with Crippen LogP contribution in [0.2, 0.25) is 0 Å². The van der Waals surface area contributed by atoms with Crippen LogP contribution in [0.4, 0.5) is 5.69 Å². The Morgan fingerprint density at radius 1 is 1.43 bits per heavy atom. The minimum Gasteiger partial charge on any atom is -0.481 e. The first-order valence-electron chi connectivity index (χ1n) is 6.93. The maximum absolute atomic E-state index is 11.1. The molecule has 0 aliphatic heterocycles. The molecule has 1 aliphatic rings. The highest BCUT2D eigenvalue weighted by molar-refractivity contribution is 5.48. The first kappa shape index (κ1) is 15.5. The number of hydrogen-bond acceptors (Lipinski definition) is 5. The van der Waals surface area contributed by atoms with E-state index in [1.165, 1.54) is 12.1 Å². The van der Waals surface area contributed by atoms with E-state index in [1.54, 1.807) is 12.1 Å². The standard InChI is InChI=1S/C15H19NO5/c1-2-8-20-14-4-3-5-15(14)21-13-7-6-11(10-17)9-12(13)16(18)19/h2,6-7,9,14-15,17H,1,3-5,8,10H2/t14-,15-/m0/s1. The van der Waals surface area contributed by atoms with Crippen LogP contribution in [0.3, 0.4) is 0 Å². The molecule has 1 fully saturated rings. The van der Waals surface area contributed by atoms with Crippen molar-refractivity contribution < 1.29 is 19.5 Å². The van der Waals surface area contributed by atoms with E-state index in [1.807, 2.05) is 0 Å². The van der Waals surface area contributed by atoms with E-state index in [4.69, 9.17) is 14.6 Å². The van der Waals surface area contributed by atoms with Crippen molar-refractivity contribution in [3.63, 3.8) is 0 Å². The van der Waals surface area contributed by atoms with Crippen LogP contribution in [-0.2, 0) is 11.3 Å². The smallest absolute Gasteiger partial charge is 0.311 e. The summed E-state index contributed by atoms with van der Waals surface area (Å²) in [6.45, 7) is 3.81. The molecule has 0 spiro atoms. The van der Waals surface area contributed by atoms with E-state index < -0.39 is 4.92 Å². The normalized spacial score (nSPS) is 21.2. The van der Waals surface area contributed by atoms with E-state index in [0.29, 0.717) is 12.2 Å². The van der Waals surface area contributed by atoms with E-state index in [9.17, 15) is 10.1 Å². The third-order valence-corrected chi connectivity index (χ3v) is 3.50. The van der Waals surface area contributed by atoms with E-state index in [-0.39, 0.29) is 30.3 Å². The summed E-state index contributed by atoms with van der Waals surface area (Å²) in [5, 5.41) is 20.2. The van der Waals surface area contributed by atoms with Crippen molar-refractivity contribution in [3.05, 3.63) is 46.5 Å². The highest BCUT2D eigenvalue weighted by Gasteiger charge is 2.31. The number of nitro groups is 1. The number of nitrogens with zero attached hydrogens (tertiary/aromatic N) is 1. The van der Waals surface area contributed by atoms with Gasteiger partial charge in [-0.15, -0.1) is 6.58 Å². The number of benzene rings is 1. The van der Waals surface area contributed by atoms with Gasteiger partial charge in [-0.05, 0) is 30.9 Å². The largest absolute Gasteiger partial charge is 0.481 e. The Morgan fingerprint density at radius 3 is 2.86 bits per heavy atom. The Bertz CT molecular complexity index is 517. The molecule has 21 heavy (non-hydrogen) atoms. The molecule has 114 valence electrons. The quantitative estimate of drug-likeness (QED) is 0.474. The van der Waals surface area contributed by atoms with Crippen molar-refractivity contribution in [1.82, 2.24) is 0 Å². The molecule has 2 rings (SSSR count). The molecule has 1 aromatic carbocycles. The molecule has 0 bridgehead atoms. The molecule has 6 heteroatoms. The van der Waals surface area contributed by atoms with E-state index >= 15 is 0 Å². The van der Waals surface area contributed by atoms with Crippen LogP contribution in [0.1, 0.15) is 24.8 Å². The fourth-order valence-electron chi connectivity index (χ4n) is 2.48. The zero-order chi connectivity index (χ0) is 15.2. The van der Waals surface area contributed by atoms with Gasteiger partial charge >= 0.3 is 5.69 Å². The second kappa shape index (κ2) is 7.19. The molecule has 0 amide bonds. The van der Waals surface area contributed by atoms with Gasteiger partial charge in [0.05, 0.1) is 24.2 Å². The number of hydrogen-bond donors (Lipinski definition) is 1. The van der Waals surface area contributed by atoms with Crippen LogP contribution >= 0.6 is 0 Å². The van der Waals surface area contributed by atoms with Gasteiger partial charge in [-0.25, -0.2) is 0 Å². The predicted octanol–water partition coefficient (Wildman–Crippen LogP) is 2.59. The van der Waals surface area contributed by atoms with Gasteiger partial charge in [-0.1, -0.05) is 12.1 Å². The minimum absolute atomic E-state index is 0.0693. The zero-order valence-corrected chi connectivity index (χ0v) is 11.7. The Morgan fingerprint density at radius 2 is 2.19 bits per heavy atom. The summed E-state index contributed by atoms with van der Waals surface area (Å²) in [5.41, 5.74) is 0.357. The van der Waals surface area contributed by atoms with Gasteiger partial charge < -0.3 is 14.6 Å². The molecule has 1 N–H and O–H groups in total. The van der Waals surface area contributed by atoms with Crippen molar-refractivity contribution in [1.29, 1.82) is 0 Å².